The highest BCUT2D eigenvalue weighted by Gasteiger charge is 2.42. The van der Waals surface area contributed by atoms with Crippen LogP contribution in [0.15, 0.2) is 12.7 Å². The van der Waals surface area contributed by atoms with Crippen LogP contribution >= 0.6 is 0 Å². The van der Waals surface area contributed by atoms with Crippen LogP contribution in [0, 0.1) is 0 Å². The highest BCUT2D eigenvalue weighted by atomic mass is 16.7. The molecule has 0 saturated carbocycles. The van der Waals surface area contributed by atoms with Crippen LogP contribution in [-0.2, 0) is 9.47 Å². The second-order valence-corrected chi connectivity index (χ2v) is 2.83. The van der Waals surface area contributed by atoms with Gasteiger partial charge in [-0.2, -0.15) is 0 Å². The number of hydrogen-bond donors (Lipinski definition) is 3. The zero-order valence-electron chi connectivity index (χ0n) is 7.17. The number of aliphatic hydroxyl groups excluding tert-OH is 3. The number of aliphatic hydroxyl groups is 3. The Morgan fingerprint density at radius 3 is 2.54 bits per heavy atom. The molecule has 5 nitrogen and oxygen atoms in total. The molecule has 1 aliphatic rings. The van der Waals surface area contributed by atoms with Crippen LogP contribution in [-0.4, -0.2) is 53.1 Å². The highest BCUT2D eigenvalue weighted by molar-refractivity contribution is 4.86. The van der Waals surface area contributed by atoms with E-state index in [4.69, 9.17) is 14.6 Å². The summed E-state index contributed by atoms with van der Waals surface area (Å²) in [4.78, 5) is 0. The maximum atomic E-state index is 9.34. The lowest BCUT2D eigenvalue weighted by Gasteiger charge is -2.13. The van der Waals surface area contributed by atoms with E-state index in [9.17, 15) is 10.2 Å². The van der Waals surface area contributed by atoms with Crippen LogP contribution in [0.1, 0.15) is 0 Å². The molecule has 1 rings (SSSR count). The SMILES string of the molecule is C=CCO[C@H]1O[C@H](CO)[C@@H](O)[C@H]1O. The van der Waals surface area contributed by atoms with Crippen molar-refractivity contribution in [3.8, 4) is 0 Å². The van der Waals surface area contributed by atoms with Crippen molar-refractivity contribution in [2.24, 2.45) is 0 Å². The Morgan fingerprint density at radius 1 is 1.38 bits per heavy atom. The summed E-state index contributed by atoms with van der Waals surface area (Å²) in [6, 6.07) is 0. The second kappa shape index (κ2) is 4.69. The zero-order valence-corrected chi connectivity index (χ0v) is 7.17. The molecule has 1 saturated heterocycles. The average molecular weight is 190 g/mol. The highest BCUT2D eigenvalue weighted by Crippen LogP contribution is 2.21. The second-order valence-electron chi connectivity index (χ2n) is 2.83. The van der Waals surface area contributed by atoms with Gasteiger partial charge in [-0.3, -0.25) is 0 Å². The van der Waals surface area contributed by atoms with Gasteiger partial charge in [0.15, 0.2) is 6.29 Å². The summed E-state index contributed by atoms with van der Waals surface area (Å²) in [5, 5.41) is 27.4. The molecular weight excluding hydrogens is 176 g/mol. The van der Waals surface area contributed by atoms with E-state index in [1.54, 1.807) is 0 Å². The quantitative estimate of drug-likeness (QED) is 0.476. The van der Waals surface area contributed by atoms with E-state index < -0.39 is 24.6 Å². The molecule has 0 spiro atoms. The fourth-order valence-corrected chi connectivity index (χ4v) is 1.17. The third-order valence-corrected chi connectivity index (χ3v) is 1.88. The Labute approximate surface area is 76.2 Å². The van der Waals surface area contributed by atoms with Crippen molar-refractivity contribution >= 4 is 0 Å². The van der Waals surface area contributed by atoms with Gasteiger partial charge < -0.3 is 24.8 Å². The van der Waals surface area contributed by atoms with E-state index in [0.29, 0.717) is 0 Å². The van der Waals surface area contributed by atoms with Gasteiger partial charge in [0.1, 0.15) is 18.3 Å². The molecule has 0 amide bonds. The lowest BCUT2D eigenvalue weighted by molar-refractivity contribution is -0.162. The number of hydrogen-bond acceptors (Lipinski definition) is 5. The fraction of sp³-hybridized carbons (Fsp3) is 0.750. The van der Waals surface area contributed by atoms with Gasteiger partial charge in [-0.25, -0.2) is 0 Å². The summed E-state index contributed by atoms with van der Waals surface area (Å²) in [5.74, 6) is 0. The van der Waals surface area contributed by atoms with E-state index in [0.717, 1.165) is 0 Å². The van der Waals surface area contributed by atoms with Gasteiger partial charge in [0.05, 0.1) is 13.2 Å². The monoisotopic (exact) mass is 190 g/mol. The molecule has 0 aromatic heterocycles. The minimum atomic E-state index is -1.11. The summed E-state index contributed by atoms with van der Waals surface area (Å²) in [6.45, 7) is 3.32. The van der Waals surface area contributed by atoms with Crippen molar-refractivity contribution in [1.29, 1.82) is 0 Å². The lowest BCUT2D eigenvalue weighted by atomic mass is 10.1. The molecule has 0 bridgehead atoms. The first-order valence-electron chi connectivity index (χ1n) is 4.05. The van der Waals surface area contributed by atoms with Gasteiger partial charge in [-0.05, 0) is 0 Å². The van der Waals surface area contributed by atoms with Crippen LogP contribution < -0.4 is 0 Å². The topological polar surface area (TPSA) is 79.2 Å². The fourth-order valence-electron chi connectivity index (χ4n) is 1.17. The third-order valence-electron chi connectivity index (χ3n) is 1.88. The van der Waals surface area contributed by atoms with Crippen molar-refractivity contribution in [2.45, 2.75) is 24.6 Å². The van der Waals surface area contributed by atoms with Crippen LogP contribution in [0.25, 0.3) is 0 Å². The third kappa shape index (κ3) is 2.26. The van der Waals surface area contributed by atoms with Crippen LogP contribution in [0.3, 0.4) is 0 Å². The van der Waals surface area contributed by atoms with Crippen molar-refractivity contribution in [1.82, 2.24) is 0 Å². The molecule has 1 fully saturated rings. The summed E-state index contributed by atoms with van der Waals surface area (Å²) >= 11 is 0. The zero-order chi connectivity index (χ0) is 9.84. The molecule has 0 aromatic rings. The first kappa shape index (κ1) is 10.6. The molecular formula is C8H14O5. The first-order valence-corrected chi connectivity index (χ1v) is 4.05. The molecule has 0 aliphatic carbocycles. The molecule has 5 heteroatoms. The summed E-state index contributed by atoms with van der Waals surface area (Å²) in [6.07, 6.45) is -2.36. The van der Waals surface area contributed by atoms with E-state index in [2.05, 4.69) is 6.58 Å². The molecule has 0 aromatic carbocycles. The van der Waals surface area contributed by atoms with Crippen molar-refractivity contribution in [2.75, 3.05) is 13.2 Å². The van der Waals surface area contributed by atoms with E-state index in [-0.39, 0.29) is 13.2 Å². The predicted molar refractivity (Wildman–Crippen MR) is 43.9 cm³/mol. The van der Waals surface area contributed by atoms with Gasteiger partial charge in [0.2, 0.25) is 0 Å². The molecule has 0 unspecified atom stereocenters. The Morgan fingerprint density at radius 2 is 2.08 bits per heavy atom. The predicted octanol–water partition coefficient (Wildman–Crippen LogP) is -1.37. The molecule has 4 atom stereocenters. The van der Waals surface area contributed by atoms with Crippen LogP contribution in [0.2, 0.25) is 0 Å². The van der Waals surface area contributed by atoms with E-state index in [1.807, 2.05) is 0 Å². The number of rotatable bonds is 4. The maximum absolute atomic E-state index is 9.34. The summed E-state index contributed by atoms with van der Waals surface area (Å²) in [7, 11) is 0. The molecule has 0 radical (unpaired) electrons. The van der Waals surface area contributed by atoms with Gasteiger partial charge in [-0.1, -0.05) is 6.08 Å². The van der Waals surface area contributed by atoms with Gasteiger partial charge in [0.25, 0.3) is 0 Å². The van der Waals surface area contributed by atoms with E-state index in [1.165, 1.54) is 6.08 Å². The smallest absolute Gasteiger partial charge is 0.187 e. The normalized spacial score (nSPS) is 39.3. The minimum absolute atomic E-state index is 0.229. The summed E-state index contributed by atoms with van der Waals surface area (Å²) in [5.41, 5.74) is 0. The van der Waals surface area contributed by atoms with Crippen LogP contribution in [0.4, 0.5) is 0 Å². The molecule has 1 aliphatic heterocycles. The molecule has 76 valence electrons. The van der Waals surface area contributed by atoms with Crippen molar-refractivity contribution in [3.05, 3.63) is 12.7 Å². The average Bonchev–Trinajstić information content (AvgIpc) is 2.41. The number of ether oxygens (including phenoxy) is 2. The minimum Gasteiger partial charge on any atom is -0.394 e. The molecule has 13 heavy (non-hydrogen) atoms. The molecule has 3 N–H and O–H groups in total. The lowest BCUT2D eigenvalue weighted by Crippen LogP contribution is -2.34. The summed E-state index contributed by atoms with van der Waals surface area (Å²) < 4.78 is 10.0. The largest absolute Gasteiger partial charge is 0.394 e. The van der Waals surface area contributed by atoms with Crippen molar-refractivity contribution < 1.29 is 24.8 Å². The van der Waals surface area contributed by atoms with Gasteiger partial charge in [-0.15, -0.1) is 6.58 Å². The first-order chi connectivity index (χ1) is 6.20. The Balaban J connectivity index is 2.45. The molecule has 1 heterocycles. The Hall–Kier alpha value is -0.460. The standard InChI is InChI=1S/C8H14O5/c1-2-3-12-8-7(11)6(10)5(4-9)13-8/h2,5-11H,1,3-4H2/t5-,6-,7-,8+/m1/s1. The van der Waals surface area contributed by atoms with E-state index >= 15 is 0 Å². The van der Waals surface area contributed by atoms with Crippen LogP contribution in [0.5, 0.6) is 0 Å². The van der Waals surface area contributed by atoms with Gasteiger partial charge in [0, 0.05) is 0 Å². The van der Waals surface area contributed by atoms with Crippen molar-refractivity contribution in [3.63, 3.8) is 0 Å². The Kier molecular flexibility index (Phi) is 3.83. The Bertz CT molecular complexity index is 172. The van der Waals surface area contributed by atoms with Gasteiger partial charge >= 0.3 is 0 Å². The maximum Gasteiger partial charge on any atom is 0.187 e.